The van der Waals surface area contributed by atoms with Crippen molar-refractivity contribution in [2.24, 2.45) is 0 Å². The van der Waals surface area contributed by atoms with E-state index in [4.69, 9.17) is 6.91 Å². The van der Waals surface area contributed by atoms with Gasteiger partial charge in [-0.2, -0.15) is 0 Å². The summed E-state index contributed by atoms with van der Waals surface area (Å²) in [5.41, 5.74) is 0.150. The SMILES string of the molecule is [2H]OC([2H])([2H])C([2H])([2H])c1ccccc1. The molecule has 1 rings (SSSR count). The van der Waals surface area contributed by atoms with Gasteiger partial charge in [0.1, 0.15) is 0 Å². The fourth-order valence-electron chi connectivity index (χ4n) is 0.580. The molecule has 0 aliphatic rings. The first-order valence-corrected chi connectivity index (χ1v) is 2.61. The van der Waals surface area contributed by atoms with Crippen LogP contribution in [0.3, 0.4) is 0 Å². The molecule has 0 unspecified atom stereocenters. The Morgan fingerprint density at radius 2 is 2.22 bits per heavy atom. The van der Waals surface area contributed by atoms with Crippen molar-refractivity contribution >= 4 is 0 Å². The summed E-state index contributed by atoms with van der Waals surface area (Å²) in [6.07, 6.45) is -2.34. The van der Waals surface area contributed by atoms with E-state index in [1.807, 2.05) is 0 Å². The molecular formula is C8H10O. The summed E-state index contributed by atoms with van der Waals surface area (Å²) in [5, 5.41) is 3.77. The van der Waals surface area contributed by atoms with E-state index in [1.54, 1.807) is 18.2 Å². The van der Waals surface area contributed by atoms with Crippen molar-refractivity contribution < 1.29 is 10.6 Å². The summed E-state index contributed by atoms with van der Waals surface area (Å²) in [4.78, 5) is 0. The Balaban J connectivity index is 3.08. The van der Waals surface area contributed by atoms with E-state index in [2.05, 4.69) is 5.11 Å². The smallest absolute Gasteiger partial charge is 0.210 e. The lowest BCUT2D eigenvalue weighted by atomic mass is 10.2. The van der Waals surface area contributed by atoms with Crippen molar-refractivity contribution in [2.45, 2.75) is 6.37 Å². The van der Waals surface area contributed by atoms with Gasteiger partial charge in [0.05, 0.1) is 2.74 Å². The lowest BCUT2D eigenvalue weighted by Gasteiger charge is -1.93. The maximum atomic E-state index is 7.52. The van der Waals surface area contributed by atoms with Crippen LogP contribution in [0.1, 0.15) is 11.0 Å². The van der Waals surface area contributed by atoms with Crippen molar-refractivity contribution in [1.29, 1.82) is 1.43 Å². The highest BCUT2D eigenvalue weighted by atomic mass is 16.2. The maximum absolute atomic E-state index is 7.52. The van der Waals surface area contributed by atoms with Gasteiger partial charge in [0.25, 0.3) is 0 Å². The highest BCUT2D eigenvalue weighted by Gasteiger charge is 1.85. The zero-order valence-corrected chi connectivity index (χ0v) is 4.79. The van der Waals surface area contributed by atoms with E-state index >= 15 is 0 Å². The molecule has 1 nitrogen and oxygen atoms in total. The van der Waals surface area contributed by atoms with Crippen LogP contribution in [0.2, 0.25) is 0 Å². The van der Waals surface area contributed by atoms with Crippen molar-refractivity contribution in [3.05, 3.63) is 35.9 Å². The van der Waals surface area contributed by atoms with Gasteiger partial charge in [-0.25, -0.2) is 0 Å². The second-order valence-corrected chi connectivity index (χ2v) is 1.59. The molecule has 48 valence electrons. The molecule has 0 bridgehead atoms. The van der Waals surface area contributed by atoms with Crippen molar-refractivity contribution in [3.8, 4) is 0 Å². The minimum Gasteiger partial charge on any atom is -0.396 e. The molecule has 1 heteroatoms. The van der Waals surface area contributed by atoms with E-state index in [1.165, 1.54) is 12.1 Å². The van der Waals surface area contributed by atoms with Gasteiger partial charge in [0, 0.05) is 9.30 Å². The number of hydrogen-bond acceptors (Lipinski definition) is 1. The zero-order chi connectivity index (χ0) is 10.8. The van der Waals surface area contributed by atoms with Gasteiger partial charge in [-0.15, -0.1) is 0 Å². The summed E-state index contributed by atoms with van der Waals surface area (Å²) in [6, 6.07) is 7.82. The van der Waals surface area contributed by atoms with E-state index in [9.17, 15) is 0 Å². The molecule has 0 aliphatic carbocycles. The molecule has 0 aromatic heterocycles. The van der Waals surface area contributed by atoms with Crippen LogP contribution in [0.5, 0.6) is 0 Å². The van der Waals surface area contributed by atoms with Gasteiger partial charge in [-0.05, 0) is 11.9 Å². The molecule has 1 aromatic rings. The third-order valence-corrected chi connectivity index (χ3v) is 0.969. The molecule has 0 atom stereocenters. The Labute approximate surface area is 62.1 Å². The molecule has 0 saturated heterocycles. The van der Waals surface area contributed by atoms with Crippen LogP contribution < -0.4 is 0 Å². The minimum atomic E-state index is -2.66. The highest BCUT2D eigenvalue weighted by molar-refractivity contribution is 5.14. The normalized spacial score (nSPS) is 20.7. The van der Waals surface area contributed by atoms with Gasteiger partial charge in [-0.1, -0.05) is 30.3 Å². The van der Waals surface area contributed by atoms with Crippen LogP contribution in [0.25, 0.3) is 0 Å². The third-order valence-electron chi connectivity index (χ3n) is 0.969. The van der Waals surface area contributed by atoms with Gasteiger partial charge in [0.2, 0.25) is 1.43 Å². The average molecular weight is 127 g/mol. The van der Waals surface area contributed by atoms with Gasteiger partial charge in [-0.3, -0.25) is 0 Å². The van der Waals surface area contributed by atoms with Gasteiger partial charge >= 0.3 is 0 Å². The first kappa shape index (κ1) is 2.43. The van der Waals surface area contributed by atoms with Crippen LogP contribution in [-0.4, -0.2) is 13.1 Å². The molecule has 0 spiro atoms. The first-order chi connectivity index (χ1) is 6.42. The molecule has 0 amide bonds. The first-order valence-electron chi connectivity index (χ1n) is 5.02. The summed E-state index contributed by atoms with van der Waals surface area (Å²) < 4.78 is 35.9. The second kappa shape index (κ2) is 3.25. The van der Waals surface area contributed by atoms with Crippen LogP contribution >= 0.6 is 0 Å². The van der Waals surface area contributed by atoms with E-state index in [0.29, 0.717) is 0 Å². The van der Waals surface area contributed by atoms with Crippen LogP contribution in [0.4, 0.5) is 0 Å². The Morgan fingerprint density at radius 3 is 2.89 bits per heavy atom. The number of rotatable bonds is 3. The molecule has 0 saturated carbocycles. The van der Waals surface area contributed by atoms with Crippen molar-refractivity contribution in [3.63, 3.8) is 0 Å². The van der Waals surface area contributed by atoms with E-state index in [-0.39, 0.29) is 5.56 Å². The van der Waals surface area contributed by atoms with Crippen molar-refractivity contribution in [2.75, 3.05) is 6.56 Å². The van der Waals surface area contributed by atoms with Crippen molar-refractivity contribution in [1.82, 2.24) is 0 Å². The summed E-state index contributed by atoms with van der Waals surface area (Å²) in [7, 11) is 0. The number of aliphatic hydroxyl groups is 1. The minimum absolute atomic E-state index is 0.150. The van der Waals surface area contributed by atoms with Gasteiger partial charge < -0.3 is 5.11 Å². The number of aryl methyl sites for hydroxylation is 1. The standard InChI is InChI=1S/C8H10O/c9-7-6-8-4-2-1-3-5-8/h1-5,9H,6-7H2/i6D2,7D2,9D. The lowest BCUT2D eigenvalue weighted by Crippen LogP contribution is -1.88. The summed E-state index contributed by atoms with van der Waals surface area (Å²) in [6.45, 7) is -2.66. The number of benzene rings is 1. The Kier molecular flexibility index (Phi) is 0.878. The topological polar surface area (TPSA) is 20.2 Å². The van der Waals surface area contributed by atoms with Crippen LogP contribution in [0.15, 0.2) is 30.3 Å². The summed E-state index contributed by atoms with van der Waals surface area (Å²) in [5.74, 6) is 0. The predicted molar refractivity (Wildman–Crippen MR) is 37.2 cm³/mol. The molecule has 1 aromatic carbocycles. The predicted octanol–water partition coefficient (Wildman–Crippen LogP) is 1.22. The Bertz CT molecular complexity index is 298. The monoisotopic (exact) mass is 127 g/mol. The second-order valence-electron chi connectivity index (χ2n) is 1.59. The third kappa shape index (κ3) is 1.86. The van der Waals surface area contributed by atoms with Crippen LogP contribution in [-0.2, 0) is 6.37 Å². The molecule has 0 radical (unpaired) electrons. The fraction of sp³-hybridized carbons (Fsp3) is 0.250. The Morgan fingerprint density at radius 1 is 1.44 bits per heavy atom. The molecule has 1 N–H and O–H groups in total. The highest BCUT2D eigenvalue weighted by Crippen LogP contribution is 1.97. The Hall–Kier alpha value is -0.820. The average Bonchev–Trinajstić information content (AvgIpc) is 2.19. The molecular weight excluding hydrogens is 112 g/mol. The molecule has 9 heavy (non-hydrogen) atoms. The zero-order valence-electron chi connectivity index (χ0n) is 9.79. The van der Waals surface area contributed by atoms with E-state index < -0.39 is 12.9 Å². The van der Waals surface area contributed by atoms with Gasteiger partial charge in [0.15, 0.2) is 0 Å². The number of hydrogen-bond donors (Lipinski definition) is 1. The summed E-state index contributed by atoms with van der Waals surface area (Å²) >= 11 is 0. The molecule has 0 heterocycles. The molecule has 0 fully saturated rings. The van der Waals surface area contributed by atoms with Crippen LogP contribution in [0, 0.1) is 0 Å². The maximum Gasteiger partial charge on any atom is 0.210 e. The molecule has 0 aliphatic heterocycles. The van der Waals surface area contributed by atoms with E-state index in [0.717, 1.165) is 0 Å². The fourth-order valence-corrected chi connectivity index (χ4v) is 0.580. The largest absolute Gasteiger partial charge is 0.396 e. The quantitative estimate of drug-likeness (QED) is 0.647. The lowest BCUT2D eigenvalue weighted by molar-refractivity contribution is 0.299.